The minimum Gasteiger partial charge on any atom is -0.379 e. The number of thiophene rings is 1. The van der Waals surface area contributed by atoms with Crippen molar-refractivity contribution in [2.24, 2.45) is 4.99 Å². The van der Waals surface area contributed by atoms with Crippen molar-refractivity contribution in [2.45, 2.75) is 12.6 Å². The number of nitrogens with one attached hydrogen (secondary N) is 2. The molecule has 1 fully saturated rings. The number of halogens is 1. The number of hydrogen-bond acceptors (Lipinski definition) is 5. The molecule has 0 radical (unpaired) electrons. The minimum absolute atomic E-state index is 0.223. The van der Waals surface area contributed by atoms with E-state index in [1.807, 2.05) is 6.07 Å². The standard InChI is InChI=1S/C20H24FN5OS/c1-23-20(24-13-16-11-15(12-22)4-5-17(16)21)25-14-18(19-3-2-10-28-19)26-6-8-27-9-7-26/h2-5,10-11,18H,6-9,13-14H2,1H3,(H2,23,24,25). The third kappa shape index (κ3) is 5.29. The first-order valence-electron chi connectivity index (χ1n) is 9.19. The van der Waals surface area contributed by atoms with E-state index in [9.17, 15) is 4.39 Å². The van der Waals surface area contributed by atoms with Crippen molar-refractivity contribution < 1.29 is 9.13 Å². The Morgan fingerprint density at radius 3 is 2.86 bits per heavy atom. The maximum Gasteiger partial charge on any atom is 0.191 e. The molecular formula is C20H24FN5OS. The molecule has 6 nitrogen and oxygen atoms in total. The zero-order chi connectivity index (χ0) is 19.8. The van der Waals surface area contributed by atoms with Crippen molar-refractivity contribution in [3.05, 3.63) is 57.5 Å². The Balaban J connectivity index is 1.61. The lowest BCUT2D eigenvalue weighted by Gasteiger charge is -2.34. The van der Waals surface area contributed by atoms with Gasteiger partial charge in [0.25, 0.3) is 0 Å². The van der Waals surface area contributed by atoms with Gasteiger partial charge in [0.05, 0.1) is 30.9 Å². The van der Waals surface area contributed by atoms with Gasteiger partial charge in [-0.1, -0.05) is 6.07 Å². The van der Waals surface area contributed by atoms with Crippen molar-refractivity contribution in [1.82, 2.24) is 15.5 Å². The second-order valence-electron chi connectivity index (χ2n) is 6.40. The van der Waals surface area contributed by atoms with Crippen LogP contribution in [0.15, 0.2) is 40.7 Å². The van der Waals surface area contributed by atoms with Gasteiger partial charge in [-0.3, -0.25) is 9.89 Å². The number of hydrogen-bond donors (Lipinski definition) is 2. The average molecular weight is 402 g/mol. The van der Waals surface area contributed by atoms with Crippen LogP contribution in [0.5, 0.6) is 0 Å². The van der Waals surface area contributed by atoms with E-state index in [0.717, 1.165) is 26.3 Å². The van der Waals surface area contributed by atoms with Crippen LogP contribution >= 0.6 is 11.3 Å². The summed E-state index contributed by atoms with van der Waals surface area (Å²) in [5.41, 5.74) is 0.871. The SMILES string of the molecule is CN=C(NCc1cc(C#N)ccc1F)NCC(c1cccs1)N1CCOCC1. The Labute approximate surface area is 168 Å². The predicted octanol–water partition coefficient (Wildman–Crippen LogP) is 2.50. The minimum atomic E-state index is -0.341. The quantitative estimate of drug-likeness (QED) is 0.575. The van der Waals surface area contributed by atoms with Gasteiger partial charge < -0.3 is 15.4 Å². The summed E-state index contributed by atoms with van der Waals surface area (Å²) in [6.07, 6.45) is 0. The van der Waals surface area contributed by atoms with E-state index in [0.29, 0.717) is 23.6 Å². The van der Waals surface area contributed by atoms with Gasteiger partial charge in [0, 0.05) is 43.7 Å². The Kier molecular flexibility index (Phi) is 7.37. The molecule has 1 unspecified atom stereocenters. The predicted molar refractivity (Wildman–Crippen MR) is 109 cm³/mol. The molecule has 0 saturated carbocycles. The zero-order valence-electron chi connectivity index (χ0n) is 15.8. The second kappa shape index (κ2) is 10.2. The highest BCUT2D eigenvalue weighted by atomic mass is 32.1. The molecule has 1 aromatic heterocycles. The average Bonchev–Trinajstić information content (AvgIpc) is 3.27. The lowest BCUT2D eigenvalue weighted by molar-refractivity contribution is 0.0177. The topological polar surface area (TPSA) is 72.7 Å². The van der Waals surface area contributed by atoms with Crippen LogP contribution < -0.4 is 10.6 Å². The van der Waals surface area contributed by atoms with Gasteiger partial charge in [-0.25, -0.2) is 4.39 Å². The lowest BCUT2D eigenvalue weighted by Crippen LogP contribution is -2.46. The lowest BCUT2D eigenvalue weighted by atomic mass is 10.1. The molecule has 0 aliphatic carbocycles. The summed E-state index contributed by atoms with van der Waals surface area (Å²) in [5.74, 6) is 0.253. The summed E-state index contributed by atoms with van der Waals surface area (Å²) in [6, 6.07) is 10.8. The maximum absolute atomic E-state index is 14.0. The number of morpholine rings is 1. The first-order valence-corrected chi connectivity index (χ1v) is 10.1. The molecule has 1 saturated heterocycles. The normalized spacial score (nSPS) is 16.4. The Morgan fingerprint density at radius 2 is 2.18 bits per heavy atom. The molecule has 0 spiro atoms. The molecule has 1 aliphatic rings. The summed E-state index contributed by atoms with van der Waals surface area (Å²) < 4.78 is 19.5. The fourth-order valence-electron chi connectivity index (χ4n) is 3.15. The van der Waals surface area contributed by atoms with E-state index in [-0.39, 0.29) is 18.4 Å². The number of nitriles is 1. The Hall–Kier alpha value is -2.47. The first kappa shape index (κ1) is 20.3. The van der Waals surface area contributed by atoms with Crippen LogP contribution in [0.3, 0.4) is 0 Å². The smallest absolute Gasteiger partial charge is 0.191 e. The molecule has 0 bridgehead atoms. The fourth-order valence-corrected chi connectivity index (χ4v) is 4.01. The van der Waals surface area contributed by atoms with Crippen LogP contribution in [0.2, 0.25) is 0 Å². The molecule has 1 aliphatic heterocycles. The van der Waals surface area contributed by atoms with E-state index < -0.39 is 0 Å². The Bertz CT molecular complexity index is 828. The molecule has 1 atom stereocenters. The van der Waals surface area contributed by atoms with Crippen molar-refractivity contribution in [3.8, 4) is 6.07 Å². The van der Waals surface area contributed by atoms with E-state index in [4.69, 9.17) is 10.00 Å². The van der Waals surface area contributed by atoms with Crippen LogP contribution in [0, 0.1) is 17.1 Å². The number of benzene rings is 1. The van der Waals surface area contributed by atoms with Crippen LogP contribution in [0.4, 0.5) is 4.39 Å². The highest BCUT2D eigenvalue weighted by Crippen LogP contribution is 2.25. The molecule has 2 heterocycles. The van der Waals surface area contributed by atoms with Crippen molar-refractivity contribution in [1.29, 1.82) is 5.26 Å². The van der Waals surface area contributed by atoms with Gasteiger partial charge in [0.1, 0.15) is 5.82 Å². The van der Waals surface area contributed by atoms with Crippen molar-refractivity contribution in [2.75, 3.05) is 39.9 Å². The van der Waals surface area contributed by atoms with Crippen LogP contribution in [0.25, 0.3) is 0 Å². The largest absolute Gasteiger partial charge is 0.379 e. The highest BCUT2D eigenvalue weighted by molar-refractivity contribution is 7.10. The molecule has 8 heteroatoms. The summed E-state index contributed by atoms with van der Waals surface area (Å²) in [7, 11) is 1.69. The third-order valence-corrected chi connectivity index (χ3v) is 5.64. The van der Waals surface area contributed by atoms with E-state index in [1.54, 1.807) is 24.5 Å². The summed E-state index contributed by atoms with van der Waals surface area (Å²) >= 11 is 1.74. The van der Waals surface area contributed by atoms with Crippen LogP contribution in [0.1, 0.15) is 22.0 Å². The van der Waals surface area contributed by atoms with Gasteiger partial charge in [0.15, 0.2) is 5.96 Å². The molecule has 2 aromatic rings. The van der Waals surface area contributed by atoms with Gasteiger partial charge in [-0.2, -0.15) is 5.26 Å². The van der Waals surface area contributed by atoms with Gasteiger partial charge in [-0.15, -0.1) is 11.3 Å². The molecular weight excluding hydrogens is 377 g/mol. The zero-order valence-corrected chi connectivity index (χ0v) is 16.6. The molecule has 3 rings (SSSR count). The highest BCUT2D eigenvalue weighted by Gasteiger charge is 2.23. The molecule has 0 amide bonds. The van der Waals surface area contributed by atoms with E-state index in [1.165, 1.54) is 17.0 Å². The van der Waals surface area contributed by atoms with Crippen molar-refractivity contribution >= 4 is 17.3 Å². The number of ether oxygens (including phenoxy) is 1. The van der Waals surface area contributed by atoms with Crippen LogP contribution in [-0.2, 0) is 11.3 Å². The number of aliphatic imine (C=N–C) groups is 1. The van der Waals surface area contributed by atoms with Crippen LogP contribution in [-0.4, -0.2) is 50.8 Å². The molecule has 28 heavy (non-hydrogen) atoms. The van der Waals surface area contributed by atoms with Gasteiger partial charge >= 0.3 is 0 Å². The van der Waals surface area contributed by atoms with E-state index in [2.05, 4.69) is 38.0 Å². The summed E-state index contributed by atoms with van der Waals surface area (Å²) in [6.45, 7) is 4.20. The third-order valence-electron chi connectivity index (χ3n) is 4.67. The van der Waals surface area contributed by atoms with E-state index >= 15 is 0 Å². The molecule has 2 N–H and O–H groups in total. The molecule has 1 aromatic carbocycles. The number of nitrogens with zero attached hydrogens (tertiary/aromatic N) is 3. The Morgan fingerprint density at radius 1 is 1.36 bits per heavy atom. The summed E-state index contributed by atoms with van der Waals surface area (Å²) in [4.78, 5) is 7.94. The van der Waals surface area contributed by atoms with Crippen molar-refractivity contribution in [3.63, 3.8) is 0 Å². The maximum atomic E-state index is 14.0. The number of rotatable bonds is 6. The fraction of sp³-hybridized carbons (Fsp3) is 0.400. The summed E-state index contributed by atoms with van der Waals surface area (Å²) in [5, 5.41) is 17.6. The first-order chi connectivity index (χ1) is 13.7. The molecule has 148 valence electrons. The van der Waals surface area contributed by atoms with Gasteiger partial charge in [-0.05, 0) is 29.6 Å². The second-order valence-corrected chi connectivity index (χ2v) is 7.38. The monoisotopic (exact) mass is 401 g/mol. The number of guanidine groups is 1. The van der Waals surface area contributed by atoms with Gasteiger partial charge in [0.2, 0.25) is 0 Å².